The maximum Gasteiger partial charge on any atom is 0.340 e. The third-order valence-corrected chi connectivity index (χ3v) is 4.25. The van der Waals surface area contributed by atoms with Crippen LogP contribution in [0.15, 0.2) is 22.7 Å². The van der Waals surface area contributed by atoms with Crippen LogP contribution in [-0.2, 0) is 16.6 Å². The summed E-state index contributed by atoms with van der Waals surface area (Å²) < 4.78 is 27.0. The lowest BCUT2D eigenvalue weighted by Crippen LogP contribution is -2.28. The Balaban J connectivity index is 2.28. The molecule has 25 heavy (non-hydrogen) atoms. The van der Waals surface area contributed by atoms with Crippen LogP contribution in [0.5, 0.6) is 11.6 Å². The molecule has 0 aliphatic carbocycles. The van der Waals surface area contributed by atoms with Gasteiger partial charge in [-0.15, -0.1) is 5.10 Å². The summed E-state index contributed by atoms with van der Waals surface area (Å²) in [4.78, 5) is 12.0. The van der Waals surface area contributed by atoms with Crippen molar-refractivity contribution >= 4 is 21.9 Å². The highest BCUT2D eigenvalue weighted by molar-refractivity contribution is 9.10. The number of aryl methyl sites for hydroxylation is 1. The van der Waals surface area contributed by atoms with E-state index in [0.717, 1.165) is 11.8 Å². The molecule has 2 rings (SSSR count). The molecule has 0 fully saturated rings. The number of hydrogen-bond donors (Lipinski definition) is 1. The van der Waals surface area contributed by atoms with Crippen LogP contribution in [0.25, 0.3) is 0 Å². The zero-order valence-electron chi connectivity index (χ0n) is 14.6. The van der Waals surface area contributed by atoms with E-state index in [1.54, 1.807) is 32.5 Å². The fraction of sp³-hybridized carbons (Fsp3) is 0.412. The third kappa shape index (κ3) is 4.58. The zero-order valence-corrected chi connectivity index (χ0v) is 16.2. The van der Waals surface area contributed by atoms with Crippen molar-refractivity contribution in [2.45, 2.75) is 39.4 Å². The number of ether oxygens (including phenoxy) is 2. The Morgan fingerprint density at radius 3 is 2.56 bits per heavy atom. The number of halogens is 2. The van der Waals surface area contributed by atoms with Gasteiger partial charge in [0.05, 0.1) is 5.69 Å². The van der Waals surface area contributed by atoms with Crippen molar-refractivity contribution in [2.75, 3.05) is 0 Å². The summed E-state index contributed by atoms with van der Waals surface area (Å²) in [5.74, 6) is -1.14. The second-order valence-electron chi connectivity index (χ2n) is 6.55. The summed E-state index contributed by atoms with van der Waals surface area (Å²) in [7, 11) is 1.76. The maximum atomic E-state index is 14.0. The average Bonchev–Trinajstić information content (AvgIpc) is 2.74. The summed E-state index contributed by atoms with van der Waals surface area (Å²) in [6.45, 7) is 6.84. The number of rotatable bonds is 4. The van der Waals surface area contributed by atoms with E-state index in [9.17, 15) is 14.3 Å². The van der Waals surface area contributed by atoms with Crippen LogP contribution in [0.1, 0.15) is 38.1 Å². The summed E-state index contributed by atoms with van der Waals surface area (Å²) in [5, 5.41) is 14.3. The minimum Gasteiger partial charge on any atom is -0.458 e. The predicted octanol–water partition coefficient (Wildman–Crippen LogP) is 3.80. The molecule has 0 bridgehead atoms. The second kappa shape index (κ2) is 7.13. The van der Waals surface area contributed by atoms with E-state index in [0.29, 0.717) is 10.4 Å². The number of aliphatic hydroxyl groups is 1. The van der Waals surface area contributed by atoms with Gasteiger partial charge in [0.25, 0.3) is 5.88 Å². The van der Waals surface area contributed by atoms with Gasteiger partial charge in [0.1, 0.15) is 21.6 Å². The molecule has 2 aromatic rings. The molecule has 8 heteroatoms. The first-order valence-electron chi connectivity index (χ1n) is 7.57. The topological polar surface area (TPSA) is 73.6 Å². The van der Waals surface area contributed by atoms with Crippen molar-refractivity contribution in [3.63, 3.8) is 0 Å². The lowest BCUT2D eigenvalue weighted by molar-refractivity contribution is -0.165. The van der Waals surface area contributed by atoms with Gasteiger partial charge in [-0.2, -0.15) is 0 Å². The first kappa shape index (κ1) is 19.4. The molecular formula is C17H20BrFN2O4. The van der Waals surface area contributed by atoms with Gasteiger partial charge in [0.15, 0.2) is 6.10 Å². The van der Waals surface area contributed by atoms with Crippen LogP contribution < -0.4 is 4.74 Å². The molecule has 1 atom stereocenters. The minimum atomic E-state index is -1.75. The molecule has 1 heterocycles. The van der Waals surface area contributed by atoms with Crippen molar-refractivity contribution in [1.29, 1.82) is 0 Å². The fourth-order valence-electron chi connectivity index (χ4n) is 2.01. The number of aliphatic hydroxyl groups excluding tert-OH is 1. The van der Waals surface area contributed by atoms with Crippen LogP contribution in [0, 0.1) is 12.7 Å². The Morgan fingerprint density at radius 1 is 1.40 bits per heavy atom. The smallest absolute Gasteiger partial charge is 0.340 e. The lowest BCUT2D eigenvalue weighted by Gasteiger charge is -2.22. The zero-order chi connectivity index (χ0) is 18.9. The van der Waals surface area contributed by atoms with Crippen molar-refractivity contribution in [1.82, 2.24) is 9.78 Å². The number of carbonyl (C=O) groups excluding carboxylic acids is 1. The SMILES string of the molecule is Cc1c(Br)c(Oc2ccc(F)c(C(O)C(=O)OC(C)(C)C)c2)nn1C. The molecule has 1 N–H and O–H groups in total. The quantitative estimate of drug-likeness (QED) is 0.770. The highest BCUT2D eigenvalue weighted by Gasteiger charge is 2.27. The van der Waals surface area contributed by atoms with Crippen LogP contribution in [0.2, 0.25) is 0 Å². The number of aromatic nitrogens is 2. The van der Waals surface area contributed by atoms with Crippen LogP contribution >= 0.6 is 15.9 Å². The number of nitrogens with zero attached hydrogens (tertiary/aromatic N) is 2. The van der Waals surface area contributed by atoms with E-state index < -0.39 is 23.5 Å². The van der Waals surface area contributed by atoms with E-state index in [-0.39, 0.29) is 11.3 Å². The average molecular weight is 415 g/mol. The first-order valence-corrected chi connectivity index (χ1v) is 8.36. The van der Waals surface area contributed by atoms with E-state index in [4.69, 9.17) is 9.47 Å². The molecule has 0 radical (unpaired) electrons. The summed E-state index contributed by atoms with van der Waals surface area (Å²) in [6.07, 6.45) is -1.75. The van der Waals surface area contributed by atoms with Gasteiger partial charge in [0.2, 0.25) is 0 Å². The second-order valence-corrected chi connectivity index (χ2v) is 7.34. The van der Waals surface area contributed by atoms with Crippen LogP contribution in [0.3, 0.4) is 0 Å². The summed E-state index contributed by atoms with van der Waals surface area (Å²) in [5.41, 5.74) is -0.166. The fourth-order valence-corrected chi connectivity index (χ4v) is 2.43. The van der Waals surface area contributed by atoms with E-state index in [2.05, 4.69) is 21.0 Å². The van der Waals surface area contributed by atoms with Crippen LogP contribution in [-0.4, -0.2) is 26.5 Å². The van der Waals surface area contributed by atoms with Gasteiger partial charge in [0, 0.05) is 12.6 Å². The van der Waals surface area contributed by atoms with E-state index >= 15 is 0 Å². The highest BCUT2D eigenvalue weighted by atomic mass is 79.9. The molecule has 0 amide bonds. The molecule has 0 saturated carbocycles. The molecule has 0 saturated heterocycles. The molecule has 136 valence electrons. The number of hydrogen-bond acceptors (Lipinski definition) is 5. The van der Waals surface area contributed by atoms with Gasteiger partial charge < -0.3 is 14.6 Å². The van der Waals surface area contributed by atoms with Crippen molar-refractivity contribution in [3.05, 3.63) is 39.7 Å². The molecule has 0 spiro atoms. The number of benzene rings is 1. The van der Waals surface area contributed by atoms with Crippen molar-refractivity contribution < 1.29 is 23.8 Å². The van der Waals surface area contributed by atoms with Crippen molar-refractivity contribution in [3.8, 4) is 11.6 Å². The monoisotopic (exact) mass is 414 g/mol. The lowest BCUT2D eigenvalue weighted by atomic mass is 10.1. The standard InChI is InChI=1S/C17H20BrFN2O4/c1-9-13(18)15(20-21(9)5)24-10-6-7-12(19)11(8-10)14(22)16(23)25-17(2,3)4/h6-8,14,22H,1-5H3. The molecule has 1 unspecified atom stereocenters. The third-order valence-electron chi connectivity index (χ3n) is 3.34. The molecule has 1 aromatic carbocycles. The Labute approximate surface area is 153 Å². The van der Waals surface area contributed by atoms with Gasteiger partial charge in [-0.25, -0.2) is 9.18 Å². The number of esters is 1. The van der Waals surface area contributed by atoms with Gasteiger partial charge in [-0.05, 0) is 61.8 Å². The van der Waals surface area contributed by atoms with Crippen molar-refractivity contribution in [2.24, 2.45) is 7.05 Å². The Morgan fingerprint density at radius 2 is 2.04 bits per heavy atom. The Hall–Kier alpha value is -1.93. The summed E-state index contributed by atoms with van der Waals surface area (Å²) in [6, 6.07) is 3.75. The molecule has 1 aromatic heterocycles. The molecular weight excluding hydrogens is 395 g/mol. The molecule has 0 aliphatic rings. The highest BCUT2D eigenvalue weighted by Crippen LogP contribution is 2.32. The Kier molecular flexibility index (Phi) is 5.53. The molecule has 6 nitrogen and oxygen atoms in total. The molecule has 0 aliphatic heterocycles. The van der Waals surface area contributed by atoms with E-state index in [1.807, 2.05) is 6.92 Å². The minimum absolute atomic E-state index is 0.226. The van der Waals surface area contributed by atoms with Gasteiger partial charge in [-0.3, -0.25) is 4.68 Å². The summed E-state index contributed by atoms with van der Waals surface area (Å²) >= 11 is 3.37. The Bertz CT molecular complexity index is 799. The van der Waals surface area contributed by atoms with Gasteiger partial charge >= 0.3 is 5.97 Å². The number of carbonyl (C=O) groups is 1. The van der Waals surface area contributed by atoms with Crippen LogP contribution in [0.4, 0.5) is 4.39 Å². The predicted molar refractivity (Wildman–Crippen MR) is 92.9 cm³/mol. The first-order chi connectivity index (χ1) is 11.5. The van der Waals surface area contributed by atoms with Gasteiger partial charge in [-0.1, -0.05) is 0 Å². The largest absolute Gasteiger partial charge is 0.458 e. The maximum absolute atomic E-state index is 14.0. The normalized spacial score (nSPS) is 12.8. The van der Waals surface area contributed by atoms with E-state index in [1.165, 1.54) is 12.1 Å².